The van der Waals surface area contributed by atoms with Gasteiger partial charge >= 0.3 is 0 Å². The van der Waals surface area contributed by atoms with E-state index < -0.39 is 0 Å². The summed E-state index contributed by atoms with van der Waals surface area (Å²) in [5.74, 6) is 0.823. The van der Waals surface area contributed by atoms with Crippen LogP contribution in [-0.4, -0.2) is 29.5 Å². The zero-order valence-electron chi connectivity index (χ0n) is 10.8. The van der Waals surface area contributed by atoms with Crippen molar-refractivity contribution in [2.75, 3.05) is 13.6 Å². The molecule has 94 valence electrons. The van der Waals surface area contributed by atoms with Crippen LogP contribution in [0.2, 0.25) is 0 Å². The molecule has 0 heterocycles. The molecule has 17 heavy (non-hydrogen) atoms. The average Bonchev–Trinajstić information content (AvgIpc) is 2.28. The number of carbonyl (C=O) groups excluding carboxylic acids is 1. The molecule has 0 aromatic heterocycles. The number of phenols is 1. The lowest BCUT2D eigenvalue weighted by molar-refractivity contribution is -0.129. The first-order valence-electron chi connectivity index (χ1n) is 6.04. The highest BCUT2D eigenvalue weighted by Crippen LogP contribution is 2.12. The first-order valence-corrected chi connectivity index (χ1v) is 6.04. The second-order valence-corrected chi connectivity index (χ2v) is 4.63. The lowest BCUT2D eigenvalue weighted by Gasteiger charge is -2.20. The van der Waals surface area contributed by atoms with E-state index in [-0.39, 0.29) is 11.7 Å². The van der Waals surface area contributed by atoms with Gasteiger partial charge in [-0.1, -0.05) is 32.4 Å². The SMILES string of the molecule is CCC(C)CN(C)C(=O)Cc1cccc(O)c1. The van der Waals surface area contributed by atoms with Gasteiger partial charge in [0.25, 0.3) is 0 Å². The predicted octanol–water partition coefficient (Wildman–Crippen LogP) is 2.44. The van der Waals surface area contributed by atoms with E-state index in [1.54, 1.807) is 23.1 Å². The van der Waals surface area contributed by atoms with E-state index in [1.165, 1.54) is 0 Å². The third kappa shape index (κ3) is 4.47. The Morgan fingerprint density at radius 2 is 2.18 bits per heavy atom. The Balaban J connectivity index is 2.54. The Bertz CT molecular complexity index is 376. The van der Waals surface area contributed by atoms with Gasteiger partial charge in [0.2, 0.25) is 5.91 Å². The highest BCUT2D eigenvalue weighted by Gasteiger charge is 2.12. The molecule has 0 bridgehead atoms. The van der Waals surface area contributed by atoms with E-state index in [4.69, 9.17) is 0 Å². The van der Waals surface area contributed by atoms with Crippen LogP contribution in [0.1, 0.15) is 25.8 Å². The van der Waals surface area contributed by atoms with E-state index in [1.807, 2.05) is 13.1 Å². The second-order valence-electron chi connectivity index (χ2n) is 4.63. The predicted molar refractivity (Wildman–Crippen MR) is 68.9 cm³/mol. The molecule has 0 aliphatic heterocycles. The number of phenolic OH excluding ortho intramolecular Hbond substituents is 1. The van der Waals surface area contributed by atoms with Crippen molar-refractivity contribution in [3.05, 3.63) is 29.8 Å². The van der Waals surface area contributed by atoms with Gasteiger partial charge < -0.3 is 10.0 Å². The summed E-state index contributed by atoms with van der Waals surface area (Å²) in [5, 5.41) is 9.32. The summed E-state index contributed by atoms with van der Waals surface area (Å²) in [5.41, 5.74) is 0.853. The van der Waals surface area contributed by atoms with Gasteiger partial charge in [-0.2, -0.15) is 0 Å². The number of amides is 1. The van der Waals surface area contributed by atoms with Crippen molar-refractivity contribution < 1.29 is 9.90 Å². The fourth-order valence-corrected chi connectivity index (χ4v) is 1.67. The minimum Gasteiger partial charge on any atom is -0.508 e. The Morgan fingerprint density at radius 3 is 2.76 bits per heavy atom. The quantitative estimate of drug-likeness (QED) is 0.851. The topological polar surface area (TPSA) is 40.5 Å². The fourth-order valence-electron chi connectivity index (χ4n) is 1.67. The van der Waals surface area contributed by atoms with E-state index in [0.29, 0.717) is 12.3 Å². The summed E-state index contributed by atoms with van der Waals surface area (Å²) >= 11 is 0. The van der Waals surface area contributed by atoms with Gasteiger partial charge in [0.05, 0.1) is 6.42 Å². The van der Waals surface area contributed by atoms with Crippen LogP contribution in [0.4, 0.5) is 0 Å². The molecule has 1 aromatic carbocycles. The van der Waals surface area contributed by atoms with Gasteiger partial charge in [-0.15, -0.1) is 0 Å². The molecule has 1 N–H and O–H groups in total. The van der Waals surface area contributed by atoms with E-state index in [2.05, 4.69) is 13.8 Å². The molecule has 3 nitrogen and oxygen atoms in total. The Kier molecular flexibility index (Phi) is 5.01. The third-order valence-corrected chi connectivity index (χ3v) is 2.97. The smallest absolute Gasteiger partial charge is 0.226 e. The maximum Gasteiger partial charge on any atom is 0.226 e. The van der Waals surface area contributed by atoms with Crippen LogP contribution in [0.5, 0.6) is 5.75 Å². The normalized spacial score (nSPS) is 12.2. The second kappa shape index (κ2) is 6.28. The monoisotopic (exact) mass is 235 g/mol. The fraction of sp³-hybridized carbons (Fsp3) is 0.500. The summed E-state index contributed by atoms with van der Waals surface area (Å²) in [4.78, 5) is 13.7. The van der Waals surface area contributed by atoms with Crippen LogP contribution < -0.4 is 0 Å². The van der Waals surface area contributed by atoms with E-state index in [9.17, 15) is 9.90 Å². The summed E-state index contributed by atoms with van der Waals surface area (Å²) in [6, 6.07) is 6.85. The molecular formula is C14H21NO2. The highest BCUT2D eigenvalue weighted by atomic mass is 16.3. The average molecular weight is 235 g/mol. The van der Waals surface area contributed by atoms with Crippen LogP contribution >= 0.6 is 0 Å². The van der Waals surface area contributed by atoms with Crippen molar-refractivity contribution in [2.24, 2.45) is 5.92 Å². The Hall–Kier alpha value is -1.51. The third-order valence-electron chi connectivity index (χ3n) is 2.97. The number of benzene rings is 1. The van der Waals surface area contributed by atoms with Crippen LogP contribution in [0, 0.1) is 5.92 Å². The molecule has 1 atom stereocenters. The largest absolute Gasteiger partial charge is 0.508 e. The summed E-state index contributed by atoms with van der Waals surface area (Å²) in [6.07, 6.45) is 1.42. The Labute approximate surface area is 103 Å². The molecule has 0 aliphatic carbocycles. The van der Waals surface area contributed by atoms with Crippen molar-refractivity contribution in [1.29, 1.82) is 0 Å². The number of hydrogen-bond donors (Lipinski definition) is 1. The standard InChI is InChI=1S/C14H21NO2/c1-4-11(2)10-15(3)14(17)9-12-6-5-7-13(16)8-12/h5-8,11,16H,4,9-10H2,1-3H3. The maximum atomic E-state index is 11.9. The molecule has 0 saturated heterocycles. The molecule has 0 saturated carbocycles. The van der Waals surface area contributed by atoms with Gasteiger partial charge in [-0.3, -0.25) is 4.79 Å². The number of aromatic hydroxyl groups is 1. The van der Waals surface area contributed by atoms with Crippen LogP contribution in [0.3, 0.4) is 0 Å². The van der Waals surface area contributed by atoms with Crippen LogP contribution in [0.25, 0.3) is 0 Å². The van der Waals surface area contributed by atoms with Crippen molar-refractivity contribution in [3.63, 3.8) is 0 Å². The van der Waals surface area contributed by atoms with Gasteiger partial charge in [0, 0.05) is 13.6 Å². The molecular weight excluding hydrogens is 214 g/mol. The number of nitrogens with zero attached hydrogens (tertiary/aromatic N) is 1. The molecule has 1 rings (SSSR count). The van der Waals surface area contributed by atoms with Crippen molar-refractivity contribution in [3.8, 4) is 5.75 Å². The molecule has 1 unspecified atom stereocenters. The lowest BCUT2D eigenvalue weighted by atomic mass is 10.1. The molecule has 1 aromatic rings. The maximum absolute atomic E-state index is 11.9. The number of likely N-dealkylation sites (N-methyl/N-ethyl adjacent to an activating group) is 1. The first-order chi connectivity index (χ1) is 8.02. The zero-order valence-corrected chi connectivity index (χ0v) is 10.8. The molecule has 0 fully saturated rings. The Morgan fingerprint density at radius 1 is 1.47 bits per heavy atom. The first kappa shape index (κ1) is 13.6. The van der Waals surface area contributed by atoms with Crippen molar-refractivity contribution >= 4 is 5.91 Å². The summed E-state index contributed by atoms with van der Waals surface area (Å²) < 4.78 is 0. The number of rotatable bonds is 5. The lowest BCUT2D eigenvalue weighted by Crippen LogP contribution is -2.32. The minimum atomic E-state index is 0.0934. The summed E-state index contributed by atoms with van der Waals surface area (Å²) in [6.45, 7) is 5.05. The number of carbonyl (C=O) groups is 1. The van der Waals surface area contributed by atoms with E-state index in [0.717, 1.165) is 18.5 Å². The van der Waals surface area contributed by atoms with Gasteiger partial charge in [0.15, 0.2) is 0 Å². The van der Waals surface area contributed by atoms with Crippen molar-refractivity contribution in [2.45, 2.75) is 26.7 Å². The van der Waals surface area contributed by atoms with Gasteiger partial charge in [-0.25, -0.2) is 0 Å². The molecule has 1 amide bonds. The van der Waals surface area contributed by atoms with Gasteiger partial charge in [0.1, 0.15) is 5.75 Å². The minimum absolute atomic E-state index is 0.0934. The highest BCUT2D eigenvalue weighted by molar-refractivity contribution is 5.78. The molecule has 3 heteroatoms. The zero-order chi connectivity index (χ0) is 12.8. The van der Waals surface area contributed by atoms with Crippen molar-refractivity contribution in [1.82, 2.24) is 4.90 Å². The number of hydrogen-bond acceptors (Lipinski definition) is 2. The summed E-state index contributed by atoms with van der Waals surface area (Å²) in [7, 11) is 1.83. The molecule has 0 aliphatic rings. The van der Waals surface area contributed by atoms with Gasteiger partial charge in [-0.05, 0) is 23.6 Å². The van der Waals surface area contributed by atoms with Crippen LogP contribution in [0.15, 0.2) is 24.3 Å². The van der Waals surface area contributed by atoms with Crippen LogP contribution in [-0.2, 0) is 11.2 Å². The molecule has 0 radical (unpaired) electrons. The van der Waals surface area contributed by atoms with E-state index >= 15 is 0 Å². The molecule has 0 spiro atoms.